The van der Waals surface area contributed by atoms with Crippen molar-refractivity contribution in [3.05, 3.63) is 72.8 Å². The normalized spacial score (nSPS) is 10.9. The first-order valence-electron chi connectivity index (χ1n) is 7.72. The molecule has 0 aliphatic rings. The van der Waals surface area contributed by atoms with Gasteiger partial charge in [0, 0.05) is 21.2 Å². The maximum Gasteiger partial charge on any atom is 0.131 e. The first-order valence-corrected chi connectivity index (χ1v) is 8.54. The molecule has 0 bridgehead atoms. The number of benzene rings is 3. The van der Waals surface area contributed by atoms with Crippen molar-refractivity contribution in [3.8, 4) is 22.8 Å². The van der Waals surface area contributed by atoms with Gasteiger partial charge in [-0.15, -0.1) is 10.2 Å². The molecule has 0 spiro atoms. The van der Waals surface area contributed by atoms with Crippen LogP contribution in [0.15, 0.2) is 82.7 Å². The number of phenols is 2. The maximum atomic E-state index is 9.49. The van der Waals surface area contributed by atoms with Gasteiger partial charge in [0.25, 0.3) is 0 Å². The van der Waals surface area contributed by atoms with E-state index in [2.05, 4.69) is 10.2 Å². The molecule has 0 unspecified atom stereocenters. The number of fused-ring (bicyclic) bond motifs is 1. The van der Waals surface area contributed by atoms with E-state index in [1.165, 1.54) is 11.8 Å². The zero-order valence-corrected chi connectivity index (χ0v) is 13.9. The van der Waals surface area contributed by atoms with Crippen LogP contribution < -0.4 is 0 Å². The van der Waals surface area contributed by atoms with E-state index in [4.69, 9.17) is 0 Å². The van der Waals surface area contributed by atoms with Gasteiger partial charge in [0.15, 0.2) is 0 Å². The van der Waals surface area contributed by atoms with Crippen molar-refractivity contribution >= 4 is 22.5 Å². The van der Waals surface area contributed by atoms with Gasteiger partial charge in [0.05, 0.1) is 0 Å². The van der Waals surface area contributed by atoms with Crippen molar-refractivity contribution in [1.82, 2.24) is 10.2 Å². The lowest BCUT2D eigenvalue weighted by molar-refractivity contribution is 0.474. The Labute approximate surface area is 148 Å². The van der Waals surface area contributed by atoms with Gasteiger partial charge in [-0.2, -0.15) is 0 Å². The zero-order valence-electron chi connectivity index (χ0n) is 13.1. The third kappa shape index (κ3) is 3.14. The van der Waals surface area contributed by atoms with Crippen LogP contribution in [0.5, 0.6) is 11.5 Å². The predicted octanol–water partition coefficient (Wildman–Crippen LogP) is 4.86. The van der Waals surface area contributed by atoms with E-state index in [1.807, 2.05) is 48.5 Å². The lowest BCUT2D eigenvalue weighted by Gasteiger charge is -2.09. The molecule has 0 saturated heterocycles. The molecule has 0 radical (unpaired) electrons. The minimum atomic E-state index is 0.223. The Bertz CT molecular complexity index is 1030. The van der Waals surface area contributed by atoms with E-state index in [9.17, 15) is 10.2 Å². The second-order valence-corrected chi connectivity index (χ2v) is 6.60. The van der Waals surface area contributed by atoms with E-state index in [0.717, 1.165) is 32.0 Å². The summed E-state index contributed by atoms with van der Waals surface area (Å²) in [6.45, 7) is 0. The molecule has 0 amide bonds. The molecule has 4 aromatic rings. The Balaban J connectivity index is 1.81. The minimum absolute atomic E-state index is 0.223. The Morgan fingerprint density at radius 3 is 1.92 bits per heavy atom. The third-order valence-corrected chi connectivity index (χ3v) is 4.85. The second kappa shape index (κ2) is 6.45. The molecule has 25 heavy (non-hydrogen) atoms. The van der Waals surface area contributed by atoms with Crippen molar-refractivity contribution < 1.29 is 10.2 Å². The van der Waals surface area contributed by atoms with Crippen molar-refractivity contribution in [2.45, 2.75) is 9.92 Å². The monoisotopic (exact) mass is 346 g/mol. The molecule has 4 nitrogen and oxygen atoms in total. The highest BCUT2D eigenvalue weighted by Crippen LogP contribution is 2.35. The summed E-state index contributed by atoms with van der Waals surface area (Å²) in [5, 5.41) is 30.6. The molecule has 0 fully saturated rings. The Hall–Kier alpha value is -3.05. The number of rotatable bonds is 3. The summed E-state index contributed by atoms with van der Waals surface area (Å²) in [5.74, 6) is 0.462. The number of aromatic nitrogens is 2. The molecular formula is C20H14N2O2S. The van der Waals surface area contributed by atoms with E-state index >= 15 is 0 Å². The fourth-order valence-corrected chi connectivity index (χ4v) is 3.48. The molecule has 0 aliphatic heterocycles. The van der Waals surface area contributed by atoms with E-state index < -0.39 is 0 Å². The first kappa shape index (κ1) is 15.5. The van der Waals surface area contributed by atoms with Gasteiger partial charge in [0.2, 0.25) is 0 Å². The van der Waals surface area contributed by atoms with Crippen LogP contribution in [-0.2, 0) is 0 Å². The summed E-state index contributed by atoms with van der Waals surface area (Å²) < 4.78 is 0. The summed E-state index contributed by atoms with van der Waals surface area (Å²) in [4.78, 5) is 0.981. The molecule has 1 heterocycles. The lowest BCUT2D eigenvalue weighted by atomic mass is 10.1. The van der Waals surface area contributed by atoms with Crippen LogP contribution in [0.3, 0.4) is 0 Å². The van der Waals surface area contributed by atoms with Crippen LogP contribution in [0, 0.1) is 0 Å². The molecule has 4 rings (SSSR count). The van der Waals surface area contributed by atoms with E-state index in [1.54, 1.807) is 24.3 Å². The Morgan fingerprint density at radius 1 is 0.640 bits per heavy atom. The van der Waals surface area contributed by atoms with Crippen molar-refractivity contribution in [1.29, 1.82) is 0 Å². The Morgan fingerprint density at radius 2 is 1.24 bits per heavy atom. The quantitative estimate of drug-likeness (QED) is 0.554. The fourth-order valence-electron chi connectivity index (χ4n) is 2.61. The molecule has 0 aliphatic carbocycles. The third-order valence-electron chi connectivity index (χ3n) is 3.85. The predicted molar refractivity (Wildman–Crippen MR) is 98.9 cm³/mol. The summed E-state index contributed by atoms with van der Waals surface area (Å²) >= 11 is 1.51. The van der Waals surface area contributed by atoms with Crippen LogP contribution in [-0.4, -0.2) is 20.4 Å². The molecule has 3 aromatic carbocycles. The van der Waals surface area contributed by atoms with Crippen LogP contribution in [0.2, 0.25) is 0 Å². The van der Waals surface area contributed by atoms with Gasteiger partial charge in [-0.3, -0.25) is 0 Å². The first-order chi connectivity index (χ1) is 12.2. The maximum absolute atomic E-state index is 9.49. The fraction of sp³-hybridized carbons (Fsp3) is 0. The van der Waals surface area contributed by atoms with Gasteiger partial charge in [-0.25, -0.2) is 0 Å². The van der Waals surface area contributed by atoms with Gasteiger partial charge < -0.3 is 10.2 Å². The van der Waals surface area contributed by atoms with Crippen molar-refractivity contribution in [3.63, 3.8) is 0 Å². The Kier molecular flexibility index (Phi) is 3.99. The average Bonchev–Trinajstić information content (AvgIpc) is 2.65. The highest BCUT2D eigenvalue weighted by Gasteiger charge is 2.12. The summed E-state index contributed by atoms with van der Waals surface area (Å²) in [7, 11) is 0. The number of hydrogen-bond acceptors (Lipinski definition) is 5. The number of hydrogen-bond donors (Lipinski definition) is 2. The standard InChI is InChI=1S/C20H14N2O2S/c23-14-7-5-13(6-8-14)19-17-3-1-2-4-18(17)20(22-21-19)25-16-11-9-15(24)10-12-16/h1-12,23-24H. The minimum Gasteiger partial charge on any atom is -0.508 e. The molecule has 122 valence electrons. The van der Waals surface area contributed by atoms with Crippen LogP contribution in [0.25, 0.3) is 22.0 Å². The van der Waals surface area contributed by atoms with Crippen LogP contribution in [0.4, 0.5) is 0 Å². The van der Waals surface area contributed by atoms with E-state index in [0.29, 0.717) is 0 Å². The molecule has 2 N–H and O–H groups in total. The van der Waals surface area contributed by atoms with Gasteiger partial charge in [0.1, 0.15) is 22.2 Å². The van der Waals surface area contributed by atoms with Gasteiger partial charge >= 0.3 is 0 Å². The number of phenolic OH excluding ortho intramolecular Hbond substituents is 2. The number of nitrogens with zero attached hydrogens (tertiary/aromatic N) is 2. The second-order valence-electron chi connectivity index (χ2n) is 5.54. The molecule has 0 atom stereocenters. The topological polar surface area (TPSA) is 66.2 Å². The molecule has 1 aromatic heterocycles. The average molecular weight is 346 g/mol. The van der Waals surface area contributed by atoms with Gasteiger partial charge in [-0.05, 0) is 48.5 Å². The lowest BCUT2D eigenvalue weighted by Crippen LogP contribution is -1.93. The summed E-state index contributed by atoms with van der Waals surface area (Å²) in [5.41, 5.74) is 1.69. The SMILES string of the molecule is Oc1ccc(Sc2nnc(-c3ccc(O)cc3)c3ccccc23)cc1. The van der Waals surface area contributed by atoms with Gasteiger partial charge in [-0.1, -0.05) is 36.0 Å². The van der Waals surface area contributed by atoms with Crippen molar-refractivity contribution in [2.24, 2.45) is 0 Å². The van der Waals surface area contributed by atoms with Crippen LogP contribution >= 0.6 is 11.8 Å². The summed E-state index contributed by atoms with van der Waals surface area (Å²) in [6, 6.07) is 22.0. The highest BCUT2D eigenvalue weighted by molar-refractivity contribution is 7.99. The largest absolute Gasteiger partial charge is 0.508 e. The molecule has 5 heteroatoms. The number of aromatic hydroxyl groups is 2. The van der Waals surface area contributed by atoms with Crippen molar-refractivity contribution in [2.75, 3.05) is 0 Å². The highest BCUT2D eigenvalue weighted by atomic mass is 32.2. The molecular weight excluding hydrogens is 332 g/mol. The van der Waals surface area contributed by atoms with Crippen LogP contribution in [0.1, 0.15) is 0 Å². The summed E-state index contributed by atoms with van der Waals surface area (Å²) in [6.07, 6.45) is 0. The molecule has 0 saturated carbocycles. The zero-order chi connectivity index (χ0) is 17.2. The van der Waals surface area contributed by atoms with E-state index in [-0.39, 0.29) is 11.5 Å². The smallest absolute Gasteiger partial charge is 0.131 e.